The highest BCUT2D eigenvalue weighted by atomic mass is 19.3. The third-order valence-corrected chi connectivity index (χ3v) is 1.94. The number of aliphatic imine (C=N–C) groups is 1. The van der Waals surface area contributed by atoms with Crippen molar-refractivity contribution in [1.29, 1.82) is 0 Å². The summed E-state index contributed by atoms with van der Waals surface area (Å²) in [6.07, 6.45) is -2.53. The summed E-state index contributed by atoms with van der Waals surface area (Å²) in [6.45, 7) is 0.593. The van der Waals surface area contributed by atoms with Gasteiger partial charge in [-0.1, -0.05) is 30.3 Å². The summed E-state index contributed by atoms with van der Waals surface area (Å²) in [5.74, 6) is 0.199. The van der Waals surface area contributed by atoms with Crippen LogP contribution in [0.5, 0.6) is 0 Å². The molecule has 0 unspecified atom stereocenters. The molecule has 3 N–H and O–H groups in total. The number of rotatable bonds is 5. The first kappa shape index (κ1) is 12.4. The minimum absolute atomic E-state index is 0.141. The SMILES string of the molecule is NC(=NCc1ccccc1)NCCC(F)F. The molecule has 1 rings (SSSR count). The van der Waals surface area contributed by atoms with Crippen LogP contribution >= 0.6 is 0 Å². The molecule has 3 nitrogen and oxygen atoms in total. The third-order valence-electron chi connectivity index (χ3n) is 1.94. The highest BCUT2D eigenvalue weighted by Gasteiger charge is 2.01. The summed E-state index contributed by atoms with van der Waals surface area (Å²) in [6, 6.07) is 9.58. The molecule has 88 valence electrons. The number of halogens is 2. The van der Waals surface area contributed by atoms with E-state index in [4.69, 9.17) is 5.73 Å². The fraction of sp³-hybridized carbons (Fsp3) is 0.364. The second-order valence-electron chi connectivity index (χ2n) is 3.29. The second kappa shape index (κ2) is 6.76. The molecule has 0 aliphatic rings. The van der Waals surface area contributed by atoms with Crippen LogP contribution in [0.15, 0.2) is 35.3 Å². The Morgan fingerprint density at radius 2 is 2.00 bits per heavy atom. The van der Waals surface area contributed by atoms with Gasteiger partial charge in [-0.3, -0.25) is 0 Å². The van der Waals surface area contributed by atoms with E-state index in [0.717, 1.165) is 5.56 Å². The molecule has 5 heteroatoms. The fourth-order valence-corrected chi connectivity index (χ4v) is 1.13. The third kappa shape index (κ3) is 5.29. The predicted octanol–water partition coefficient (Wildman–Crippen LogP) is 1.75. The van der Waals surface area contributed by atoms with E-state index < -0.39 is 6.43 Å². The summed E-state index contributed by atoms with van der Waals surface area (Å²) in [7, 11) is 0. The van der Waals surface area contributed by atoms with Crippen molar-refractivity contribution in [2.45, 2.75) is 19.4 Å². The van der Waals surface area contributed by atoms with Crippen molar-refractivity contribution in [1.82, 2.24) is 5.32 Å². The van der Waals surface area contributed by atoms with Gasteiger partial charge in [-0.2, -0.15) is 0 Å². The minimum atomic E-state index is -2.31. The van der Waals surface area contributed by atoms with Gasteiger partial charge in [0.25, 0.3) is 0 Å². The molecule has 0 atom stereocenters. The quantitative estimate of drug-likeness (QED) is 0.594. The Kier molecular flexibility index (Phi) is 5.25. The van der Waals surface area contributed by atoms with Crippen LogP contribution in [-0.4, -0.2) is 18.9 Å². The average Bonchev–Trinajstić information content (AvgIpc) is 2.27. The Hall–Kier alpha value is -1.65. The van der Waals surface area contributed by atoms with E-state index in [9.17, 15) is 8.78 Å². The fourth-order valence-electron chi connectivity index (χ4n) is 1.13. The number of hydrogen-bond acceptors (Lipinski definition) is 1. The number of nitrogens with two attached hydrogens (primary N) is 1. The van der Waals surface area contributed by atoms with Crippen molar-refractivity contribution in [3.05, 3.63) is 35.9 Å². The topological polar surface area (TPSA) is 50.4 Å². The summed E-state index contributed by atoms with van der Waals surface area (Å²) >= 11 is 0. The van der Waals surface area contributed by atoms with Crippen molar-refractivity contribution in [2.75, 3.05) is 6.54 Å². The van der Waals surface area contributed by atoms with E-state index in [-0.39, 0.29) is 18.9 Å². The zero-order chi connectivity index (χ0) is 11.8. The standard InChI is InChI=1S/C11H15F2N3/c12-10(13)6-7-15-11(14)16-8-9-4-2-1-3-5-9/h1-5,10H,6-8H2,(H3,14,15,16). The second-order valence-corrected chi connectivity index (χ2v) is 3.29. The molecule has 0 saturated heterocycles. The molecular weight excluding hydrogens is 212 g/mol. The molecule has 0 aromatic heterocycles. The van der Waals surface area contributed by atoms with Crippen molar-refractivity contribution in [2.24, 2.45) is 10.7 Å². The van der Waals surface area contributed by atoms with Crippen LogP contribution in [0.25, 0.3) is 0 Å². The van der Waals surface area contributed by atoms with Gasteiger partial charge in [-0.05, 0) is 5.56 Å². The van der Waals surface area contributed by atoms with E-state index in [1.165, 1.54) is 0 Å². The Morgan fingerprint density at radius 3 is 2.62 bits per heavy atom. The highest BCUT2D eigenvalue weighted by Crippen LogP contribution is 1.99. The molecule has 1 aromatic carbocycles. The predicted molar refractivity (Wildman–Crippen MR) is 60.4 cm³/mol. The summed E-state index contributed by atoms with van der Waals surface area (Å²) in [4.78, 5) is 4.03. The first-order valence-electron chi connectivity index (χ1n) is 5.04. The first-order valence-corrected chi connectivity index (χ1v) is 5.04. The van der Waals surface area contributed by atoms with Crippen LogP contribution in [0.4, 0.5) is 8.78 Å². The van der Waals surface area contributed by atoms with E-state index in [1.54, 1.807) is 0 Å². The Balaban J connectivity index is 2.29. The monoisotopic (exact) mass is 227 g/mol. The summed E-state index contributed by atoms with van der Waals surface area (Å²) in [5, 5.41) is 2.63. The Morgan fingerprint density at radius 1 is 1.31 bits per heavy atom. The van der Waals surface area contributed by atoms with Gasteiger partial charge in [0.05, 0.1) is 6.54 Å². The molecule has 0 aliphatic heterocycles. The lowest BCUT2D eigenvalue weighted by molar-refractivity contribution is 0.139. The van der Waals surface area contributed by atoms with Gasteiger partial charge in [-0.25, -0.2) is 13.8 Å². The summed E-state index contributed by atoms with van der Waals surface area (Å²) < 4.78 is 23.6. The maximum atomic E-state index is 11.8. The molecule has 0 bridgehead atoms. The molecule has 0 radical (unpaired) electrons. The van der Waals surface area contributed by atoms with Gasteiger partial charge in [0.2, 0.25) is 6.43 Å². The number of benzene rings is 1. The van der Waals surface area contributed by atoms with Gasteiger partial charge in [0.15, 0.2) is 5.96 Å². The van der Waals surface area contributed by atoms with Gasteiger partial charge in [-0.15, -0.1) is 0 Å². The van der Waals surface area contributed by atoms with Crippen LogP contribution in [-0.2, 0) is 6.54 Å². The lowest BCUT2D eigenvalue weighted by Gasteiger charge is -2.04. The van der Waals surface area contributed by atoms with Crippen molar-refractivity contribution in [3.63, 3.8) is 0 Å². The number of alkyl halides is 2. The summed E-state index contributed by atoms with van der Waals surface area (Å²) in [5.41, 5.74) is 6.53. The van der Waals surface area contributed by atoms with Gasteiger partial charge >= 0.3 is 0 Å². The molecule has 1 aromatic rings. The Labute approximate surface area is 93.4 Å². The lowest BCUT2D eigenvalue weighted by Crippen LogP contribution is -2.33. The molecule has 0 fully saturated rings. The largest absolute Gasteiger partial charge is 0.370 e. The van der Waals surface area contributed by atoms with Crippen LogP contribution in [0.3, 0.4) is 0 Å². The van der Waals surface area contributed by atoms with E-state index in [2.05, 4.69) is 10.3 Å². The van der Waals surface area contributed by atoms with Gasteiger partial charge < -0.3 is 11.1 Å². The highest BCUT2D eigenvalue weighted by molar-refractivity contribution is 5.77. The average molecular weight is 227 g/mol. The molecule has 0 amide bonds. The molecular formula is C11H15F2N3. The number of nitrogens with zero attached hydrogens (tertiary/aromatic N) is 1. The first-order chi connectivity index (χ1) is 7.68. The molecule has 0 heterocycles. The van der Waals surface area contributed by atoms with E-state index >= 15 is 0 Å². The van der Waals surface area contributed by atoms with Gasteiger partial charge in [0.1, 0.15) is 0 Å². The van der Waals surface area contributed by atoms with Crippen LogP contribution in [0.1, 0.15) is 12.0 Å². The number of hydrogen-bond donors (Lipinski definition) is 2. The van der Waals surface area contributed by atoms with E-state index in [0.29, 0.717) is 6.54 Å². The number of guanidine groups is 1. The Bertz CT molecular complexity index is 325. The maximum Gasteiger partial charge on any atom is 0.240 e. The van der Waals surface area contributed by atoms with Crippen molar-refractivity contribution in [3.8, 4) is 0 Å². The van der Waals surface area contributed by atoms with Crippen LogP contribution < -0.4 is 11.1 Å². The molecule has 0 spiro atoms. The van der Waals surface area contributed by atoms with E-state index in [1.807, 2.05) is 30.3 Å². The van der Waals surface area contributed by atoms with Gasteiger partial charge in [0, 0.05) is 13.0 Å². The van der Waals surface area contributed by atoms with Crippen molar-refractivity contribution >= 4 is 5.96 Å². The minimum Gasteiger partial charge on any atom is -0.370 e. The zero-order valence-electron chi connectivity index (χ0n) is 8.87. The van der Waals surface area contributed by atoms with Crippen LogP contribution in [0.2, 0.25) is 0 Å². The lowest BCUT2D eigenvalue weighted by atomic mass is 10.2. The molecule has 0 saturated carbocycles. The number of nitrogens with one attached hydrogen (secondary N) is 1. The molecule has 0 aliphatic carbocycles. The normalized spacial score (nSPS) is 11.8. The smallest absolute Gasteiger partial charge is 0.240 e. The van der Waals surface area contributed by atoms with Crippen LogP contribution in [0, 0.1) is 0 Å². The van der Waals surface area contributed by atoms with Crippen molar-refractivity contribution < 1.29 is 8.78 Å². The maximum absolute atomic E-state index is 11.8. The molecule has 16 heavy (non-hydrogen) atoms. The zero-order valence-corrected chi connectivity index (χ0v) is 8.87.